The molecule has 24 heavy (non-hydrogen) atoms. The van der Waals surface area contributed by atoms with E-state index in [2.05, 4.69) is 15.6 Å². The second kappa shape index (κ2) is 9.98. The Morgan fingerprint density at radius 1 is 1.50 bits per heavy atom. The number of hydrogen-bond donors (Lipinski definition) is 2. The highest BCUT2D eigenvalue weighted by atomic mass is 35.5. The molecule has 0 radical (unpaired) electrons. The Morgan fingerprint density at radius 3 is 3.00 bits per heavy atom. The zero-order valence-corrected chi connectivity index (χ0v) is 15.8. The van der Waals surface area contributed by atoms with Gasteiger partial charge in [0.05, 0.1) is 5.75 Å². The lowest BCUT2D eigenvalue weighted by Gasteiger charge is -2.10. The number of rotatable bonds is 6. The van der Waals surface area contributed by atoms with E-state index in [0.29, 0.717) is 24.1 Å². The first-order valence-electron chi connectivity index (χ1n) is 7.43. The van der Waals surface area contributed by atoms with Gasteiger partial charge in [-0.25, -0.2) is 4.98 Å². The maximum Gasteiger partial charge on any atom is 0.287 e. The molecule has 1 atom stereocenters. The highest BCUT2D eigenvalue weighted by molar-refractivity contribution is 7.98. The third-order valence-electron chi connectivity index (χ3n) is 3.68. The summed E-state index contributed by atoms with van der Waals surface area (Å²) in [6.45, 7) is 1.69. The molecule has 1 fully saturated rings. The highest BCUT2D eigenvalue weighted by Gasteiger charge is 2.17. The monoisotopic (exact) mass is 392 g/mol. The van der Waals surface area contributed by atoms with E-state index in [1.165, 1.54) is 6.42 Å². The van der Waals surface area contributed by atoms with Gasteiger partial charge in [0.15, 0.2) is 10.9 Å². The van der Waals surface area contributed by atoms with Crippen molar-refractivity contribution in [1.29, 1.82) is 0 Å². The number of furan rings is 1. The number of thioether (sulfide) groups is 1. The molecule has 1 aliphatic heterocycles. The van der Waals surface area contributed by atoms with Gasteiger partial charge in [0.1, 0.15) is 5.76 Å². The minimum atomic E-state index is -0.151. The van der Waals surface area contributed by atoms with Crippen molar-refractivity contribution >= 4 is 42.5 Å². The van der Waals surface area contributed by atoms with Crippen molar-refractivity contribution in [3.63, 3.8) is 0 Å². The van der Waals surface area contributed by atoms with E-state index in [1.807, 2.05) is 23.9 Å². The molecule has 3 rings (SSSR count). The van der Waals surface area contributed by atoms with Crippen LogP contribution in [0, 0.1) is 0 Å². The standard InChI is InChI=1S/C15H20N4O2S.2ClH/c1-19-8-7-17-15(19)22-10-12-4-5-13(21-12)14(20)18-9-11-3-2-6-16-11;;/h4-5,7-8,11,16H,2-3,6,9-10H2,1H3,(H,18,20);2*1H. The average molecular weight is 393 g/mol. The number of imidazole rings is 1. The van der Waals surface area contributed by atoms with Gasteiger partial charge in [-0.1, -0.05) is 11.8 Å². The molecule has 134 valence electrons. The maximum absolute atomic E-state index is 12.0. The summed E-state index contributed by atoms with van der Waals surface area (Å²) in [6.07, 6.45) is 5.96. The first-order valence-corrected chi connectivity index (χ1v) is 8.41. The Morgan fingerprint density at radius 2 is 2.33 bits per heavy atom. The zero-order valence-electron chi connectivity index (χ0n) is 13.4. The van der Waals surface area contributed by atoms with Gasteiger partial charge in [-0.05, 0) is 31.5 Å². The zero-order chi connectivity index (χ0) is 15.4. The van der Waals surface area contributed by atoms with Gasteiger partial charge in [-0.15, -0.1) is 24.8 Å². The lowest BCUT2D eigenvalue weighted by Crippen LogP contribution is -2.37. The van der Waals surface area contributed by atoms with Gasteiger partial charge in [0.25, 0.3) is 5.91 Å². The second-order valence-corrected chi connectivity index (χ2v) is 6.32. The van der Waals surface area contributed by atoms with Crippen LogP contribution < -0.4 is 10.6 Å². The van der Waals surface area contributed by atoms with E-state index in [1.54, 1.807) is 24.0 Å². The first kappa shape index (κ1) is 20.9. The van der Waals surface area contributed by atoms with Crippen LogP contribution in [0.15, 0.2) is 34.1 Å². The van der Waals surface area contributed by atoms with Crippen LogP contribution in [-0.2, 0) is 12.8 Å². The Kier molecular flexibility index (Phi) is 8.69. The third kappa shape index (κ3) is 5.44. The van der Waals surface area contributed by atoms with E-state index in [4.69, 9.17) is 4.42 Å². The van der Waals surface area contributed by atoms with Crippen molar-refractivity contribution in [3.8, 4) is 0 Å². The van der Waals surface area contributed by atoms with Crippen molar-refractivity contribution < 1.29 is 9.21 Å². The van der Waals surface area contributed by atoms with E-state index in [0.717, 1.165) is 23.9 Å². The smallest absolute Gasteiger partial charge is 0.287 e. The number of aromatic nitrogens is 2. The van der Waals surface area contributed by atoms with Crippen LogP contribution in [0.25, 0.3) is 0 Å². The molecule has 3 heterocycles. The summed E-state index contributed by atoms with van der Waals surface area (Å²) in [4.78, 5) is 16.3. The van der Waals surface area contributed by atoms with Crippen molar-refractivity contribution in [2.24, 2.45) is 7.05 Å². The Balaban J connectivity index is 0.00000144. The van der Waals surface area contributed by atoms with Crippen LogP contribution in [0.5, 0.6) is 0 Å². The molecule has 1 unspecified atom stereocenters. The van der Waals surface area contributed by atoms with Crippen molar-refractivity contribution in [1.82, 2.24) is 20.2 Å². The summed E-state index contributed by atoms with van der Waals surface area (Å²) in [6, 6.07) is 3.96. The van der Waals surface area contributed by atoms with Crippen LogP contribution in [0.4, 0.5) is 0 Å². The minimum absolute atomic E-state index is 0. The predicted octanol–water partition coefficient (Wildman–Crippen LogP) is 2.63. The molecule has 1 aliphatic rings. The average Bonchev–Trinajstić information content (AvgIpc) is 3.25. The van der Waals surface area contributed by atoms with Crippen LogP contribution in [0.2, 0.25) is 0 Å². The second-order valence-electron chi connectivity index (χ2n) is 5.38. The van der Waals surface area contributed by atoms with E-state index >= 15 is 0 Å². The highest BCUT2D eigenvalue weighted by Crippen LogP contribution is 2.21. The number of amides is 1. The number of halogens is 2. The molecule has 2 N–H and O–H groups in total. The van der Waals surface area contributed by atoms with Crippen LogP contribution in [0.3, 0.4) is 0 Å². The number of hydrogen-bond acceptors (Lipinski definition) is 5. The van der Waals surface area contributed by atoms with Gasteiger partial charge in [-0.2, -0.15) is 0 Å². The van der Waals surface area contributed by atoms with Crippen LogP contribution in [-0.4, -0.2) is 34.6 Å². The number of nitrogens with one attached hydrogen (secondary N) is 2. The molecule has 9 heteroatoms. The Bertz CT molecular complexity index is 641. The number of carbonyl (C=O) groups excluding carboxylic acids is 1. The summed E-state index contributed by atoms with van der Waals surface area (Å²) in [7, 11) is 1.95. The molecular weight excluding hydrogens is 371 g/mol. The number of nitrogens with zero attached hydrogens (tertiary/aromatic N) is 2. The van der Waals surface area contributed by atoms with E-state index < -0.39 is 0 Å². The number of aryl methyl sites for hydroxylation is 1. The summed E-state index contributed by atoms with van der Waals surface area (Å²) in [5.74, 6) is 1.65. The summed E-state index contributed by atoms with van der Waals surface area (Å²) >= 11 is 1.58. The quantitative estimate of drug-likeness (QED) is 0.739. The van der Waals surface area contributed by atoms with E-state index in [-0.39, 0.29) is 30.7 Å². The molecule has 2 aromatic rings. The molecule has 6 nitrogen and oxygen atoms in total. The maximum atomic E-state index is 12.0. The first-order chi connectivity index (χ1) is 10.7. The summed E-state index contributed by atoms with van der Waals surface area (Å²) in [5.41, 5.74) is 0. The number of carbonyl (C=O) groups is 1. The predicted molar refractivity (Wildman–Crippen MR) is 99.3 cm³/mol. The molecule has 1 saturated heterocycles. The minimum Gasteiger partial charge on any atom is -0.455 e. The van der Waals surface area contributed by atoms with Crippen molar-refractivity contribution in [2.75, 3.05) is 13.1 Å². The molecule has 0 spiro atoms. The normalized spacial score (nSPS) is 16.3. The fourth-order valence-electron chi connectivity index (χ4n) is 2.44. The molecule has 0 saturated carbocycles. The van der Waals surface area contributed by atoms with Crippen molar-refractivity contribution in [3.05, 3.63) is 36.0 Å². The van der Waals surface area contributed by atoms with Gasteiger partial charge < -0.3 is 19.6 Å². The van der Waals surface area contributed by atoms with Gasteiger partial charge in [-0.3, -0.25) is 4.79 Å². The molecule has 1 amide bonds. The lowest BCUT2D eigenvalue weighted by atomic mass is 10.2. The Labute approximate surface area is 158 Å². The molecular formula is C15H22Cl2N4O2S. The van der Waals surface area contributed by atoms with Crippen LogP contribution in [0.1, 0.15) is 29.2 Å². The van der Waals surface area contributed by atoms with Crippen LogP contribution >= 0.6 is 36.6 Å². The summed E-state index contributed by atoms with van der Waals surface area (Å²) < 4.78 is 7.56. The molecule has 0 bridgehead atoms. The molecule has 0 aromatic carbocycles. The van der Waals surface area contributed by atoms with E-state index in [9.17, 15) is 4.79 Å². The molecule has 2 aromatic heterocycles. The van der Waals surface area contributed by atoms with Gasteiger partial charge >= 0.3 is 0 Å². The largest absolute Gasteiger partial charge is 0.455 e. The Hall–Kier alpha value is -1.15. The molecule has 0 aliphatic carbocycles. The lowest BCUT2D eigenvalue weighted by molar-refractivity contribution is 0.0921. The fraction of sp³-hybridized carbons (Fsp3) is 0.467. The van der Waals surface area contributed by atoms with Crippen molar-refractivity contribution in [2.45, 2.75) is 29.8 Å². The topological polar surface area (TPSA) is 72.1 Å². The van der Waals surface area contributed by atoms with Gasteiger partial charge in [0.2, 0.25) is 0 Å². The summed E-state index contributed by atoms with van der Waals surface area (Å²) in [5, 5.41) is 7.19. The fourth-order valence-corrected chi connectivity index (χ4v) is 3.26. The SMILES string of the molecule is Cl.Cl.Cn1ccnc1SCc1ccc(C(=O)NCC2CCCN2)o1. The third-order valence-corrected chi connectivity index (χ3v) is 4.76. The van der Waals surface area contributed by atoms with Gasteiger partial charge in [0, 0.05) is 32.0 Å².